The first-order chi connectivity index (χ1) is 15.0. The molecule has 0 spiro atoms. The Bertz CT molecular complexity index is 1150. The second kappa shape index (κ2) is 9.53. The van der Waals surface area contributed by atoms with Crippen LogP contribution in [0.15, 0.2) is 41.3 Å². The SMILES string of the molecule is Cc1ccc(Cl)cc1NC(=O)C(C)N1CCN(S(=O)(=O)c2cc([N+](=O)[O-])ccc2C)CC1. The molecule has 1 atom stereocenters. The zero-order valence-corrected chi connectivity index (χ0v) is 19.6. The van der Waals surface area contributed by atoms with Crippen molar-refractivity contribution >= 4 is 38.9 Å². The van der Waals surface area contributed by atoms with Crippen LogP contribution >= 0.6 is 11.6 Å². The van der Waals surface area contributed by atoms with Gasteiger partial charge in [-0.2, -0.15) is 4.31 Å². The van der Waals surface area contributed by atoms with Crippen LogP contribution in [0.5, 0.6) is 0 Å². The van der Waals surface area contributed by atoms with Crippen molar-refractivity contribution in [2.24, 2.45) is 0 Å². The molecule has 1 aliphatic rings. The molecule has 2 aromatic carbocycles. The van der Waals surface area contributed by atoms with Gasteiger partial charge < -0.3 is 5.32 Å². The Morgan fingerprint density at radius 3 is 2.34 bits per heavy atom. The van der Waals surface area contributed by atoms with Gasteiger partial charge in [0.25, 0.3) is 5.69 Å². The van der Waals surface area contributed by atoms with E-state index in [0.717, 1.165) is 11.6 Å². The van der Waals surface area contributed by atoms with Crippen molar-refractivity contribution in [3.8, 4) is 0 Å². The number of carbonyl (C=O) groups excluding carboxylic acids is 1. The molecule has 1 N–H and O–H groups in total. The average molecular weight is 481 g/mol. The number of nitro groups is 1. The lowest BCUT2D eigenvalue weighted by Crippen LogP contribution is -2.54. The van der Waals surface area contributed by atoms with Crippen molar-refractivity contribution in [3.05, 3.63) is 62.7 Å². The molecule has 0 radical (unpaired) electrons. The molecule has 1 saturated heterocycles. The Morgan fingerprint density at radius 2 is 1.72 bits per heavy atom. The van der Waals surface area contributed by atoms with Crippen LogP contribution in [-0.2, 0) is 14.8 Å². The lowest BCUT2D eigenvalue weighted by Gasteiger charge is -2.36. The summed E-state index contributed by atoms with van der Waals surface area (Å²) >= 11 is 6.01. The monoisotopic (exact) mass is 480 g/mol. The molecule has 11 heteroatoms. The number of nitro benzene ring substituents is 1. The normalized spacial score (nSPS) is 16.5. The lowest BCUT2D eigenvalue weighted by atomic mass is 10.1. The van der Waals surface area contributed by atoms with E-state index in [-0.39, 0.29) is 29.6 Å². The summed E-state index contributed by atoms with van der Waals surface area (Å²) in [6.45, 7) is 6.32. The second-order valence-electron chi connectivity index (χ2n) is 7.77. The quantitative estimate of drug-likeness (QED) is 0.501. The van der Waals surface area contributed by atoms with Crippen molar-refractivity contribution in [1.29, 1.82) is 0 Å². The molecule has 0 aliphatic carbocycles. The first kappa shape index (κ1) is 24.1. The van der Waals surface area contributed by atoms with Gasteiger partial charge in [-0.05, 0) is 44.0 Å². The number of aryl methyl sites for hydroxylation is 2. The van der Waals surface area contributed by atoms with Crippen LogP contribution in [0, 0.1) is 24.0 Å². The number of amides is 1. The summed E-state index contributed by atoms with van der Waals surface area (Å²) in [6.07, 6.45) is 0. The van der Waals surface area contributed by atoms with E-state index >= 15 is 0 Å². The van der Waals surface area contributed by atoms with Gasteiger partial charge in [0, 0.05) is 49.0 Å². The van der Waals surface area contributed by atoms with E-state index in [2.05, 4.69) is 5.32 Å². The number of piperazine rings is 1. The van der Waals surface area contributed by atoms with Crippen molar-refractivity contribution in [3.63, 3.8) is 0 Å². The van der Waals surface area contributed by atoms with Crippen molar-refractivity contribution in [2.75, 3.05) is 31.5 Å². The number of anilines is 1. The van der Waals surface area contributed by atoms with E-state index in [0.29, 0.717) is 29.4 Å². The van der Waals surface area contributed by atoms with Crippen LogP contribution in [0.25, 0.3) is 0 Å². The molecule has 1 amide bonds. The molecule has 3 rings (SSSR count). The highest BCUT2D eigenvalue weighted by Gasteiger charge is 2.33. The molecule has 1 heterocycles. The number of rotatable bonds is 6. The molecule has 2 aromatic rings. The Balaban J connectivity index is 1.68. The highest BCUT2D eigenvalue weighted by molar-refractivity contribution is 7.89. The molecule has 9 nitrogen and oxygen atoms in total. The highest BCUT2D eigenvalue weighted by atomic mass is 35.5. The third-order valence-electron chi connectivity index (χ3n) is 5.66. The largest absolute Gasteiger partial charge is 0.324 e. The summed E-state index contributed by atoms with van der Waals surface area (Å²) in [4.78, 5) is 25.0. The van der Waals surface area contributed by atoms with E-state index < -0.39 is 21.0 Å². The number of carbonyl (C=O) groups is 1. The number of halogens is 1. The predicted octanol–water partition coefficient (Wildman–Crippen LogP) is 3.20. The van der Waals surface area contributed by atoms with Crippen LogP contribution in [0.3, 0.4) is 0 Å². The molecule has 0 aromatic heterocycles. The van der Waals surface area contributed by atoms with Gasteiger partial charge in [0.05, 0.1) is 15.9 Å². The maximum atomic E-state index is 13.1. The minimum Gasteiger partial charge on any atom is -0.324 e. The third kappa shape index (κ3) is 5.09. The first-order valence-electron chi connectivity index (χ1n) is 10.1. The predicted molar refractivity (Wildman–Crippen MR) is 122 cm³/mol. The maximum absolute atomic E-state index is 13.1. The summed E-state index contributed by atoms with van der Waals surface area (Å²) in [5, 5.41) is 14.5. The van der Waals surface area contributed by atoms with Crippen LogP contribution in [-0.4, -0.2) is 60.7 Å². The van der Waals surface area contributed by atoms with Gasteiger partial charge in [-0.25, -0.2) is 8.42 Å². The minimum atomic E-state index is -3.89. The van der Waals surface area contributed by atoms with Gasteiger partial charge in [-0.15, -0.1) is 0 Å². The van der Waals surface area contributed by atoms with E-state index in [9.17, 15) is 23.3 Å². The van der Waals surface area contributed by atoms with Crippen LogP contribution in [0.4, 0.5) is 11.4 Å². The molecule has 172 valence electrons. The molecule has 1 unspecified atom stereocenters. The molecule has 1 aliphatic heterocycles. The summed E-state index contributed by atoms with van der Waals surface area (Å²) in [7, 11) is -3.89. The van der Waals surface area contributed by atoms with Gasteiger partial charge in [-0.1, -0.05) is 23.7 Å². The molecule has 0 saturated carbocycles. The molecule has 0 bridgehead atoms. The first-order valence-corrected chi connectivity index (χ1v) is 11.9. The average Bonchev–Trinajstić information content (AvgIpc) is 2.75. The minimum absolute atomic E-state index is 0.0672. The zero-order chi connectivity index (χ0) is 23.6. The van der Waals surface area contributed by atoms with Gasteiger partial charge in [0.15, 0.2) is 0 Å². The van der Waals surface area contributed by atoms with Crippen LogP contribution in [0.1, 0.15) is 18.1 Å². The number of hydrogen-bond acceptors (Lipinski definition) is 6. The van der Waals surface area contributed by atoms with Gasteiger partial charge >= 0.3 is 0 Å². The summed E-state index contributed by atoms with van der Waals surface area (Å²) < 4.78 is 27.5. The number of benzene rings is 2. The van der Waals surface area contributed by atoms with Crippen molar-refractivity contribution in [2.45, 2.75) is 31.7 Å². The molecule has 32 heavy (non-hydrogen) atoms. The van der Waals surface area contributed by atoms with E-state index in [1.54, 1.807) is 26.0 Å². The van der Waals surface area contributed by atoms with Crippen LogP contribution in [0.2, 0.25) is 5.02 Å². The molecular weight excluding hydrogens is 456 g/mol. The highest BCUT2D eigenvalue weighted by Crippen LogP contribution is 2.26. The topological polar surface area (TPSA) is 113 Å². The second-order valence-corrected chi connectivity index (χ2v) is 10.1. The third-order valence-corrected chi connectivity index (χ3v) is 7.93. The smallest absolute Gasteiger partial charge is 0.270 e. The summed E-state index contributed by atoms with van der Waals surface area (Å²) in [5.41, 5.74) is 1.70. The Kier molecular flexibility index (Phi) is 7.19. The Hall–Kier alpha value is -2.53. The van der Waals surface area contributed by atoms with Crippen LogP contribution < -0.4 is 5.32 Å². The van der Waals surface area contributed by atoms with Crippen molar-refractivity contribution in [1.82, 2.24) is 9.21 Å². The summed E-state index contributed by atoms with van der Waals surface area (Å²) in [6, 6.07) is 8.60. The number of non-ortho nitro benzene ring substituents is 1. The van der Waals surface area contributed by atoms with Gasteiger partial charge in [0.2, 0.25) is 15.9 Å². The Morgan fingerprint density at radius 1 is 1.09 bits per heavy atom. The lowest BCUT2D eigenvalue weighted by molar-refractivity contribution is -0.385. The van der Waals surface area contributed by atoms with Crippen molar-refractivity contribution < 1.29 is 18.1 Å². The fourth-order valence-corrected chi connectivity index (χ4v) is 5.42. The molecule has 1 fully saturated rings. The van der Waals surface area contributed by atoms with E-state index in [1.807, 2.05) is 17.9 Å². The molecular formula is C21H25ClN4O5S. The van der Waals surface area contributed by atoms with E-state index in [4.69, 9.17) is 11.6 Å². The zero-order valence-electron chi connectivity index (χ0n) is 18.0. The fourth-order valence-electron chi connectivity index (χ4n) is 3.58. The number of sulfonamides is 1. The van der Waals surface area contributed by atoms with E-state index in [1.165, 1.54) is 16.4 Å². The summed E-state index contributed by atoms with van der Waals surface area (Å²) in [5.74, 6) is -0.207. The number of nitrogens with zero attached hydrogens (tertiary/aromatic N) is 3. The fraction of sp³-hybridized carbons (Fsp3) is 0.381. The number of hydrogen-bond donors (Lipinski definition) is 1. The maximum Gasteiger partial charge on any atom is 0.270 e. The Labute approximate surface area is 192 Å². The standard InChI is InChI=1S/C21H25ClN4O5S/c1-14-4-6-17(22)12-19(14)23-21(27)16(3)24-8-10-25(11-9-24)32(30,31)20-13-18(26(28)29)7-5-15(20)2/h4-7,12-13,16H,8-11H2,1-3H3,(H,23,27). The van der Waals surface area contributed by atoms with Gasteiger partial charge in [-0.3, -0.25) is 19.8 Å². The van der Waals surface area contributed by atoms with Gasteiger partial charge in [0.1, 0.15) is 0 Å². The number of nitrogens with one attached hydrogen (secondary N) is 1.